The second-order valence-corrected chi connectivity index (χ2v) is 4.01. The van der Waals surface area contributed by atoms with Crippen LogP contribution in [0, 0.1) is 6.10 Å². The summed E-state index contributed by atoms with van der Waals surface area (Å²) in [5.41, 5.74) is 0. The molecule has 1 saturated carbocycles. The molecule has 0 bridgehead atoms. The van der Waals surface area contributed by atoms with Crippen LogP contribution >= 0.6 is 0 Å². The highest BCUT2D eigenvalue weighted by atomic mass is 16.5. The Morgan fingerprint density at radius 2 is 1.77 bits per heavy atom. The Morgan fingerprint density at radius 1 is 1.00 bits per heavy atom. The van der Waals surface area contributed by atoms with Crippen molar-refractivity contribution in [1.29, 1.82) is 0 Å². The van der Waals surface area contributed by atoms with Crippen molar-refractivity contribution >= 4 is 0 Å². The normalized spacial score (nSPS) is 19.2. The smallest absolute Gasteiger partial charge is 0.0970 e. The van der Waals surface area contributed by atoms with Crippen LogP contribution in [0.3, 0.4) is 0 Å². The second kappa shape index (κ2) is 7.37. The Hall–Kier alpha value is -0.0400. The fourth-order valence-corrected chi connectivity index (χ4v) is 1.84. The Labute approximate surface area is 82.9 Å². The van der Waals surface area contributed by atoms with E-state index < -0.39 is 0 Å². The van der Waals surface area contributed by atoms with Gasteiger partial charge in [0, 0.05) is 6.61 Å². The van der Waals surface area contributed by atoms with Crippen LogP contribution in [0.1, 0.15) is 64.7 Å². The summed E-state index contributed by atoms with van der Waals surface area (Å²) in [5, 5.41) is 0. The van der Waals surface area contributed by atoms with Gasteiger partial charge in [0.15, 0.2) is 0 Å². The maximum absolute atomic E-state index is 5.75. The Morgan fingerprint density at radius 3 is 2.46 bits per heavy atom. The molecule has 0 amide bonds. The number of unbranched alkanes of at least 4 members (excludes halogenated alkanes) is 3. The summed E-state index contributed by atoms with van der Waals surface area (Å²) < 4.78 is 5.75. The van der Waals surface area contributed by atoms with Gasteiger partial charge in [0.05, 0.1) is 6.10 Å². The molecule has 0 saturated heterocycles. The van der Waals surface area contributed by atoms with Crippen LogP contribution in [0.2, 0.25) is 0 Å². The topological polar surface area (TPSA) is 9.23 Å². The molecule has 0 heterocycles. The average molecular weight is 183 g/mol. The summed E-state index contributed by atoms with van der Waals surface area (Å²) in [4.78, 5) is 0. The second-order valence-electron chi connectivity index (χ2n) is 4.01. The molecule has 1 rings (SSSR count). The van der Waals surface area contributed by atoms with E-state index in [1.165, 1.54) is 63.9 Å². The standard InChI is InChI=1S/C12H23O/c1-2-3-4-8-11-13-12-9-6-5-7-10-12/h2-11H2,1H3. The van der Waals surface area contributed by atoms with Gasteiger partial charge in [-0.1, -0.05) is 45.4 Å². The fourth-order valence-electron chi connectivity index (χ4n) is 1.84. The number of hydrogen-bond acceptors (Lipinski definition) is 1. The fraction of sp³-hybridized carbons (Fsp3) is 0.917. The first-order chi connectivity index (χ1) is 6.43. The van der Waals surface area contributed by atoms with Crippen molar-refractivity contribution in [3.8, 4) is 0 Å². The Bertz CT molecular complexity index is 106. The van der Waals surface area contributed by atoms with E-state index in [2.05, 4.69) is 6.92 Å². The maximum atomic E-state index is 5.75. The lowest BCUT2D eigenvalue weighted by molar-refractivity contribution is 0.110. The highest BCUT2D eigenvalue weighted by molar-refractivity contribution is 4.81. The van der Waals surface area contributed by atoms with E-state index >= 15 is 0 Å². The van der Waals surface area contributed by atoms with Gasteiger partial charge in [0.25, 0.3) is 0 Å². The molecule has 1 aliphatic carbocycles. The molecule has 1 heteroatoms. The molecule has 1 nitrogen and oxygen atoms in total. The third-order valence-electron chi connectivity index (χ3n) is 2.72. The van der Waals surface area contributed by atoms with Crippen LogP contribution in [-0.4, -0.2) is 6.61 Å². The molecule has 13 heavy (non-hydrogen) atoms. The maximum Gasteiger partial charge on any atom is 0.0970 e. The van der Waals surface area contributed by atoms with Gasteiger partial charge < -0.3 is 4.74 Å². The predicted octanol–water partition coefficient (Wildman–Crippen LogP) is 4.08. The van der Waals surface area contributed by atoms with Gasteiger partial charge in [0.2, 0.25) is 0 Å². The third kappa shape index (κ3) is 5.30. The number of rotatable bonds is 6. The molecule has 1 aliphatic rings. The van der Waals surface area contributed by atoms with Crippen LogP contribution in [0.4, 0.5) is 0 Å². The van der Waals surface area contributed by atoms with Crippen LogP contribution < -0.4 is 0 Å². The highest BCUT2D eigenvalue weighted by Gasteiger charge is 2.13. The van der Waals surface area contributed by atoms with E-state index in [0.717, 1.165) is 6.61 Å². The van der Waals surface area contributed by atoms with Gasteiger partial charge in [-0.25, -0.2) is 0 Å². The summed E-state index contributed by atoms with van der Waals surface area (Å²) in [7, 11) is 0. The van der Waals surface area contributed by atoms with E-state index in [9.17, 15) is 0 Å². The zero-order valence-corrected chi connectivity index (χ0v) is 8.98. The minimum atomic E-state index is 0.968. The van der Waals surface area contributed by atoms with Crippen molar-refractivity contribution < 1.29 is 4.74 Å². The quantitative estimate of drug-likeness (QED) is 0.564. The van der Waals surface area contributed by atoms with Crippen LogP contribution in [0.15, 0.2) is 0 Å². The lowest BCUT2D eigenvalue weighted by atomic mass is 9.98. The van der Waals surface area contributed by atoms with Crippen molar-refractivity contribution in [2.45, 2.75) is 64.7 Å². The lowest BCUT2D eigenvalue weighted by Gasteiger charge is -2.20. The minimum absolute atomic E-state index is 0.968. The summed E-state index contributed by atoms with van der Waals surface area (Å²) in [6.07, 6.45) is 13.2. The average Bonchev–Trinajstić information content (AvgIpc) is 2.19. The predicted molar refractivity (Wildman–Crippen MR) is 56.4 cm³/mol. The summed E-state index contributed by atoms with van der Waals surface area (Å²) in [6, 6.07) is 0. The van der Waals surface area contributed by atoms with Crippen LogP contribution in [-0.2, 0) is 4.74 Å². The third-order valence-corrected chi connectivity index (χ3v) is 2.72. The molecule has 0 aromatic rings. The van der Waals surface area contributed by atoms with E-state index in [1.807, 2.05) is 0 Å². The first kappa shape index (κ1) is 11.0. The van der Waals surface area contributed by atoms with E-state index in [-0.39, 0.29) is 0 Å². The van der Waals surface area contributed by atoms with Crippen molar-refractivity contribution in [3.05, 3.63) is 6.10 Å². The van der Waals surface area contributed by atoms with Gasteiger partial charge >= 0.3 is 0 Å². The van der Waals surface area contributed by atoms with Crippen LogP contribution in [0.5, 0.6) is 0 Å². The zero-order valence-electron chi connectivity index (χ0n) is 8.98. The Kier molecular flexibility index (Phi) is 6.26. The van der Waals surface area contributed by atoms with Crippen molar-refractivity contribution in [1.82, 2.24) is 0 Å². The first-order valence-electron chi connectivity index (χ1n) is 5.91. The number of hydrogen-bond donors (Lipinski definition) is 0. The van der Waals surface area contributed by atoms with Crippen LogP contribution in [0.25, 0.3) is 0 Å². The molecule has 77 valence electrons. The van der Waals surface area contributed by atoms with Crippen molar-refractivity contribution in [2.75, 3.05) is 6.61 Å². The first-order valence-corrected chi connectivity index (χ1v) is 5.91. The summed E-state index contributed by atoms with van der Waals surface area (Å²) in [5.74, 6) is 0. The highest BCUT2D eigenvalue weighted by Crippen LogP contribution is 2.26. The number of ether oxygens (including phenoxy) is 1. The molecule has 1 fully saturated rings. The summed E-state index contributed by atoms with van der Waals surface area (Å²) >= 11 is 0. The largest absolute Gasteiger partial charge is 0.372 e. The van der Waals surface area contributed by atoms with E-state index in [1.54, 1.807) is 0 Å². The molecule has 1 radical (unpaired) electrons. The van der Waals surface area contributed by atoms with E-state index in [0.29, 0.717) is 0 Å². The van der Waals surface area contributed by atoms with Gasteiger partial charge in [-0.05, 0) is 19.3 Å². The van der Waals surface area contributed by atoms with Crippen molar-refractivity contribution in [3.63, 3.8) is 0 Å². The molecule has 0 aromatic heterocycles. The van der Waals surface area contributed by atoms with Gasteiger partial charge in [-0.15, -0.1) is 0 Å². The molecular weight excluding hydrogens is 160 g/mol. The Balaban J connectivity index is 1.86. The monoisotopic (exact) mass is 183 g/mol. The molecule has 0 aromatic carbocycles. The summed E-state index contributed by atoms with van der Waals surface area (Å²) in [6.45, 7) is 3.21. The van der Waals surface area contributed by atoms with Gasteiger partial charge in [0.1, 0.15) is 0 Å². The van der Waals surface area contributed by atoms with Gasteiger partial charge in [-0.2, -0.15) is 0 Å². The SMILES string of the molecule is CCCCCCO[C]1CCCCC1. The molecule has 0 aliphatic heterocycles. The van der Waals surface area contributed by atoms with E-state index in [4.69, 9.17) is 4.74 Å². The molecular formula is C12H23O. The lowest BCUT2D eigenvalue weighted by Crippen LogP contribution is -2.08. The molecule has 0 unspecified atom stereocenters. The van der Waals surface area contributed by atoms with Gasteiger partial charge in [-0.3, -0.25) is 0 Å². The molecule has 0 spiro atoms. The molecule has 0 N–H and O–H groups in total. The molecule has 0 atom stereocenters. The minimum Gasteiger partial charge on any atom is -0.372 e. The zero-order chi connectivity index (χ0) is 9.36. The van der Waals surface area contributed by atoms with Crippen molar-refractivity contribution in [2.24, 2.45) is 0 Å².